The maximum atomic E-state index is 12.9. The lowest BCUT2D eigenvalue weighted by molar-refractivity contribution is -0.132. The largest absolute Gasteiger partial charge is 0.351 e. The van der Waals surface area contributed by atoms with Gasteiger partial charge in [-0.15, -0.1) is 0 Å². The van der Waals surface area contributed by atoms with E-state index >= 15 is 0 Å². The SMILES string of the molecule is CN1C(=O)CCC[C@H]2CN(C(=O)c3cc(C4CCCCC4)no3)CC[C@H]21. The predicted molar refractivity (Wildman–Crippen MR) is 96.7 cm³/mol. The maximum Gasteiger partial charge on any atom is 0.292 e. The molecule has 1 saturated carbocycles. The normalized spacial score (nSPS) is 28.0. The van der Waals surface area contributed by atoms with Gasteiger partial charge in [-0.3, -0.25) is 9.59 Å². The van der Waals surface area contributed by atoms with Crippen LogP contribution < -0.4 is 0 Å². The third-order valence-corrected chi connectivity index (χ3v) is 6.60. The Balaban J connectivity index is 1.43. The van der Waals surface area contributed by atoms with E-state index in [1.807, 2.05) is 22.9 Å². The lowest BCUT2D eigenvalue weighted by Gasteiger charge is -2.41. The number of hydrogen-bond acceptors (Lipinski definition) is 4. The fourth-order valence-corrected chi connectivity index (χ4v) is 5.01. The van der Waals surface area contributed by atoms with Crippen LogP contribution in [0.3, 0.4) is 0 Å². The Morgan fingerprint density at radius 2 is 1.96 bits per heavy atom. The molecule has 3 aliphatic rings. The van der Waals surface area contributed by atoms with Crippen molar-refractivity contribution in [2.75, 3.05) is 20.1 Å². The minimum absolute atomic E-state index is 0.0452. The number of piperidine rings is 1. The number of carbonyl (C=O) groups is 2. The van der Waals surface area contributed by atoms with Crippen LogP contribution in [-0.2, 0) is 4.79 Å². The number of likely N-dealkylation sites (tertiary alicyclic amines) is 2. The van der Waals surface area contributed by atoms with Gasteiger partial charge in [-0.25, -0.2) is 0 Å². The molecule has 0 radical (unpaired) electrons. The summed E-state index contributed by atoms with van der Waals surface area (Å²) in [6.07, 6.45) is 9.47. The van der Waals surface area contributed by atoms with E-state index in [2.05, 4.69) is 5.16 Å². The van der Waals surface area contributed by atoms with Crippen molar-refractivity contribution in [1.29, 1.82) is 0 Å². The first kappa shape index (κ1) is 17.6. The molecular weight excluding hydrogens is 330 g/mol. The van der Waals surface area contributed by atoms with Crippen LogP contribution in [0.25, 0.3) is 0 Å². The van der Waals surface area contributed by atoms with Crippen molar-refractivity contribution in [2.24, 2.45) is 5.92 Å². The van der Waals surface area contributed by atoms with Crippen molar-refractivity contribution in [3.05, 3.63) is 17.5 Å². The van der Waals surface area contributed by atoms with Gasteiger partial charge in [0.15, 0.2) is 0 Å². The van der Waals surface area contributed by atoms with Gasteiger partial charge in [-0.1, -0.05) is 24.4 Å². The fourth-order valence-electron chi connectivity index (χ4n) is 5.01. The highest BCUT2D eigenvalue weighted by Gasteiger charge is 2.38. The second-order valence-corrected chi connectivity index (χ2v) is 8.22. The minimum Gasteiger partial charge on any atom is -0.351 e. The second kappa shape index (κ2) is 7.41. The Labute approximate surface area is 154 Å². The third kappa shape index (κ3) is 3.38. The molecule has 0 unspecified atom stereocenters. The van der Waals surface area contributed by atoms with Crippen LogP contribution in [-0.4, -0.2) is 52.9 Å². The molecule has 2 saturated heterocycles. The van der Waals surface area contributed by atoms with Crippen LogP contribution in [0.2, 0.25) is 0 Å². The van der Waals surface area contributed by atoms with Crippen molar-refractivity contribution in [2.45, 2.75) is 69.7 Å². The van der Waals surface area contributed by atoms with E-state index < -0.39 is 0 Å². The number of carbonyl (C=O) groups excluding carboxylic acids is 2. The summed E-state index contributed by atoms with van der Waals surface area (Å²) in [5, 5.41) is 4.20. The highest BCUT2D eigenvalue weighted by atomic mass is 16.5. The molecule has 1 aromatic heterocycles. The van der Waals surface area contributed by atoms with Crippen LogP contribution >= 0.6 is 0 Å². The molecule has 3 heterocycles. The summed E-state index contributed by atoms with van der Waals surface area (Å²) in [4.78, 5) is 28.8. The van der Waals surface area contributed by atoms with Crippen molar-refractivity contribution < 1.29 is 14.1 Å². The molecule has 142 valence electrons. The summed E-state index contributed by atoms with van der Waals surface area (Å²) in [6, 6.07) is 2.13. The molecule has 4 rings (SSSR count). The van der Waals surface area contributed by atoms with Gasteiger partial charge in [-0.2, -0.15) is 0 Å². The van der Waals surface area contributed by atoms with Crippen molar-refractivity contribution >= 4 is 11.8 Å². The Morgan fingerprint density at radius 1 is 1.15 bits per heavy atom. The van der Waals surface area contributed by atoms with E-state index in [0.717, 1.165) is 37.8 Å². The summed E-state index contributed by atoms with van der Waals surface area (Å²) in [7, 11) is 1.91. The Kier molecular flexibility index (Phi) is 5.00. The van der Waals surface area contributed by atoms with Gasteiger partial charge in [0.25, 0.3) is 5.91 Å². The van der Waals surface area contributed by atoms with Crippen LogP contribution in [0.15, 0.2) is 10.6 Å². The van der Waals surface area contributed by atoms with Crippen molar-refractivity contribution in [1.82, 2.24) is 15.0 Å². The summed E-state index contributed by atoms with van der Waals surface area (Å²) in [5.41, 5.74) is 0.947. The Morgan fingerprint density at radius 3 is 2.77 bits per heavy atom. The standard InChI is InChI=1S/C20H29N3O3/c1-22-17-10-11-23(13-15(17)8-5-9-19(22)24)20(25)18-12-16(21-26-18)14-6-3-2-4-7-14/h12,14-15,17H,2-11,13H2,1H3/t15-,17+/m0/s1. The zero-order valence-electron chi connectivity index (χ0n) is 15.7. The van der Waals surface area contributed by atoms with Crippen LogP contribution in [0.5, 0.6) is 0 Å². The number of rotatable bonds is 2. The van der Waals surface area contributed by atoms with Gasteiger partial charge < -0.3 is 14.3 Å². The number of nitrogens with zero attached hydrogens (tertiary/aromatic N) is 3. The molecule has 2 amide bonds. The monoisotopic (exact) mass is 359 g/mol. The molecule has 1 aromatic rings. The highest BCUT2D eigenvalue weighted by molar-refractivity contribution is 5.91. The molecule has 0 bridgehead atoms. The van der Waals surface area contributed by atoms with Crippen LogP contribution in [0, 0.1) is 5.92 Å². The molecule has 6 heteroatoms. The first-order chi connectivity index (χ1) is 12.6. The van der Waals surface area contributed by atoms with Gasteiger partial charge in [0.2, 0.25) is 11.7 Å². The van der Waals surface area contributed by atoms with Gasteiger partial charge in [0, 0.05) is 44.6 Å². The second-order valence-electron chi connectivity index (χ2n) is 8.22. The smallest absolute Gasteiger partial charge is 0.292 e. The van der Waals surface area contributed by atoms with E-state index in [0.29, 0.717) is 37.1 Å². The number of hydrogen-bond donors (Lipinski definition) is 0. The lowest BCUT2D eigenvalue weighted by Crippen LogP contribution is -2.51. The van der Waals surface area contributed by atoms with Crippen LogP contribution in [0.1, 0.15) is 80.0 Å². The molecule has 2 atom stereocenters. The predicted octanol–water partition coefficient (Wildman–Crippen LogP) is 3.20. The number of aromatic nitrogens is 1. The molecule has 26 heavy (non-hydrogen) atoms. The quantitative estimate of drug-likeness (QED) is 0.813. The van der Waals surface area contributed by atoms with E-state index in [1.165, 1.54) is 19.3 Å². The van der Waals surface area contributed by atoms with Gasteiger partial charge in [0.1, 0.15) is 0 Å². The summed E-state index contributed by atoms with van der Waals surface area (Å²) in [5.74, 6) is 1.38. The van der Waals surface area contributed by atoms with E-state index in [9.17, 15) is 9.59 Å². The van der Waals surface area contributed by atoms with Crippen molar-refractivity contribution in [3.8, 4) is 0 Å². The van der Waals surface area contributed by atoms with E-state index in [-0.39, 0.29) is 17.9 Å². The average Bonchev–Trinajstić information content (AvgIpc) is 3.12. The van der Waals surface area contributed by atoms with Gasteiger partial charge in [-0.05, 0) is 38.0 Å². The molecule has 6 nitrogen and oxygen atoms in total. The lowest BCUT2D eigenvalue weighted by atomic mass is 9.87. The molecular formula is C20H29N3O3. The average molecular weight is 359 g/mol. The third-order valence-electron chi connectivity index (χ3n) is 6.60. The van der Waals surface area contributed by atoms with Crippen LogP contribution in [0.4, 0.5) is 0 Å². The topological polar surface area (TPSA) is 66.7 Å². The summed E-state index contributed by atoms with van der Waals surface area (Å²) in [6.45, 7) is 1.39. The maximum absolute atomic E-state index is 12.9. The summed E-state index contributed by atoms with van der Waals surface area (Å²) < 4.78 is 5.43. The molecule has 3 fully saturated rings. The molecule has 0 spiro atoms. The first-order valence-electron chi connectivity index (χ1n) is 10.1. The molecule has 1 aliphatic carbocycles. The zero-order valence-corrected chi connectivity index (χ0v) is 15.7. The molecule has 0 N–H and O–H groups in total. The Bertz CT molecular complexity index is 665. The molecule has 2 aliphatic heterocycles. The van der Waals surface area contributed by atoms with E-state index in [1.54, 1.807) is 0 Å². The van der Waals surface area contributed by atoms with Gasteiger partial charge in [0.05, 0.1) is 5.69 Å². The number of fused-ring (bicyclic) bond motifs is 1. The minimum atomic E-state index is -0.0452. The summed E-state index contributed by atoms with van der Waals surface area (Å²) >= 11 is 0. The Hall–Kier alpha value is -1.85. The molecule has 0 aromatic carbocycles. The highest BCUT2D eigenvalue weighted by Crippen LogP contribution is 2.33. The zero-order chi connectivity index (χ0) is 18.1. The first-order valence-corrected chi connectivity index (χ1v) is 10.1. The van der Waals surface area contributed by atoms with Crippen molar-refractivity contribution in [3.63, 3.8) is 0 Å². The fraction of sp³-hybridized carbons (Fsp3) is 0.750. The van der Waals surface area contributed by atoms with E-state index in [4.69, 9.17) is 4.52 Å². The number of amides is 2. The van der Waals surface area contributed by atoms with Gasteiger partial charge >= 0.3 is 0 Å².